The number of primary amides is 1. The molecule has 16 heavy (non-hydrogen) atoms. The quantitative estimate of drug-likeness (QED) is 0.811. The lowest BCUT2D eigenvalue weighted by Crippen LogP contribution is -2.25. The van der Waals surface area contributed by atoms with Crippen molar-refractivity contribution < 1.29 is 9.59 Å². The van der Waals surface area contributed by atoms with E-state index in [-0.39, 0.29) is 5.91 Å². The average molecular weight is 218 g/mol. The van der Waals surface area contributed by atoms with Gasteiger partial charge in [-0.05, 0) is 31.0 Å². The van der Waals surface area contributed by atoms with Crippen LogP contribution in [0.2, 0.25) is 0 Å². The number of nitrogens with two attached hydrogens (primary N) is 1. The second-order valence-electron chi connectivity index (χ2n) is 3.96. The molecule has 1 aliphatic heterocycles. The molecule has 1 fully saturated rings. The molecule has 1 saturated heterocycles. The third kappa shape index (κ3) is 1.66. The lowest BCUT2D eigenvalue weighted by Gasteiger charge is -2.19. The number of carbonyl (C=O) groups excluding carboxylic acids is 2. The van der Waals surface area contributed by atoms with Gasteiger partial charge in [0.05, 0.1) is 0 Å². The van der Waals surface area contributed by atoms with Crippen LogP contribution in [-0.4, -0.2) is 18.4 Å². The minimum Gasteiger partial charge on any atom is -0.366 e. The van der Waals surface area contributed by atoms with Crippen LogP contribution in [-0.2, 0) is 4.79 Å². The number of hydrogen-bond acceptors (Lipinski definition) is 2. The highest BCUT2D eigenvalue weighted by atomic mass is 16.2. The summed E-state index contributed by atoms with van der Waals surface area (Å²) >= 11 is 0. The van der Waals surface area contributed by atoms with E-state index in [4.69, 9.17) is 5.73 Å². The maximum Gasteiger partial charge on any atom is 0.249 e. The summed E-state index contributed by atoms with van der Waals surface area (Å²) in [6.45, 7) is 2.54. The van der Waals surface area contributed by atoms with E-state index in [1.54, 1.807) is 17.0 Å². The first-order valence-electron chi connectivity index (χ1n) is 5.31. The normalized spacial score (nSPS) is 15.6. The number of anilines is 1. The first-order valence-corrected chi connectivity index (χ1v) is 5.31. The summed E-state index contributed by atoms with van der Waals surface area (Å²) < 4.78 is 0. The molecule has 0 unspecified atom stereocenters. The SMILES string of the molecule is Cc1c(C(N)=O)cccc1N1CCCC1=O. The number of nitrogens with zero attached hydrogens (tertiary/aromatic N) is 1. The molecule has 2 amide bonds. The molecule has 1 aromatic carbocycles. The molecule has 2 N–H and O–H groups in total. The number of carbonyl (C=O) groups is 2. The predicted octanol–water partition coefficient (Wildman–Crippen LogP) is 1.22. The van der Waals surface area contributed by atoms with Crippen molar-refractivity contribution in [3.05, 3.63) is 29.3 Å². The Balaban J connectivity index is 2.45. The summed E-state index contributed by atoms with van der Waals surface area (Å²) in [6, 6.07) is 5.29. The van der Waals surface area contributed by atoms with Gasteiger partial charge in [-0.2, -0.15) is 0 Å². The van der Waals surface area contributed by atoms with Crippen molar-refractivity contribution in [1.82, 2.24) is 0 Å². The molecule has 0 saturated carbocycles. The Morgan fingerprint density at radius 2 is 2.19 bits per heavy atom. The van der Waals surface area contributed by atoms with Crippen LogP contribution in [0.4, 0.5) is 5.69 Å². The van der Waals surface area contributed by atoms with E-state index in [1.807, 2.05) is 13.0 Å². The summed E-state index contributed by atoms with van der Waals surface area (Å²) in [4.78, 5) is 24.5. The van der Waals surface area contributed by atoms with Crippen LogP contribution in [0, 0.1) is 6.92 Å². The molecular weight excluding hydrogens is 204 g/mol. The topological polar surface area (TPSA) is 63.4 Å². The zero-order chi connectivity index (χ0) is 11.7. The molecule has 0 aliphatic carbocycles. The van der Waals surface area contributed by atoms with Gasteiger partial charge in [-0.1, -0.05) is 6.07 Å². The van der Waals surface area contributed by atoms with Crippen LogP contribution in [0.25, 0.3) is 0 Å². The van der Waals surface area contributed by atoms with Crippen LogP contribution < -0.4 is 10.6 Å². The molecule has 1 aliphatic rings. The Morgan fingerprint density at radius 3 is 2.75 bits per heavy atom. The lowest BCUT2D eigenvalue weighted by atomic mass is 10.1. The second-order valence-corrected chi connectivity index (χ2v) is 3.96. The van der Waals surface area contributed by atoms with Crippen molar-refractivity contribution in [3.63, 3.8) is 0 Å². The molecule has 84 valence electrons. The number of hydrogen-bond donors (Lipinski definition) is 1. The minimum absolute atomic E-state index is 0.115. The molecule has 4 nitrogen and oxygen atoms in total. The summed E-state index contributed by atoms with van der Waals surface area (Å²) in [5.74, 6) is -0.337. The predicted molar refractivity (Wildman–Crippen MR) is 61.3 cm³/mol. The average Bonchev–Trinajstić information content (AvgIpc) is 2.64. The van der Waals surface area contributed by atoms with Crippen molar-refractivity contribution in [2.45, 2.75) is 19.8 Å². The third-order valence-electron chi connectivity index (χ3n) is 2.93. The molecule has 0 spiro atoms. The van der Waals surface area contributed by atoms with E-state index in [1.165, 1.54) is 0 Å². The molecule has 0 radical (unpaired) electrons. The monoisotopic (exact) mass is 218 g/mol. The summed E-state index contributed by atoms with van der Waals surface area (Å²) in [7, 11) is 0. The fraction of sp³-hybridized carbons (Fsp3) is 0.333. The largest absolute Gasteiger partial charge is 0.366 e. The molecule has 0 atom stereocenters. The Bertz CT molecular complexity index is 454. The Hall–Kier alpha value is -1.84. The molecule has 0 bridgehead atoms. The van der Waals surface area contributed by atoms with Crippen molar-refractivity contribution in [1.29, 1.82) is 0 Å². The summed E-state index contributed by atoms with van der Waals surface area (Å²) in [5, 5.41) is 0. The van der Waals surface area contributed by atoms with Crippen molar-refractivity contribution in [3.8, 4) is 0 Å². The van der Waals surface area contributed by atoms with Crippen molar-refractivity contribution >= 4 is 17.5 Å². The van der Waals surface area contributed by atoms with E-state index in [0.29, 0.717) is 12.0 Å². The summed E-state index contributed by atoms with van der Waals surface area (Å²) in [6.07, 6.45) is 1.46. The lowest BCUT2D eigenvalue weighted by molar-refractivity contribution is -0.117. The molecule has 0 aromatic heterocycles. The Labute approximate surface area is 94.0 Å². The van der Waals surface area contributed by atoms with Gasteiger partial charge >= 0.3 is 0 Å². The van der Waals surface area contributed by atoms with Gasteiger partial charge in [0.2, 0.25) is 11.8 Å². The molecule has 1 heterocycles. The van der Waals surface area contributed by atoms with E-state index in [0.717, 1.165) is 24.2 Å². The van der Waals surface area contributed by atoms with Crippen LogP contribution >= 0.6 is 0 Å². The molecule has 2 rings (SSSR count). The standard InChI is InChI=1S/C12H14N2O2/c1-8-9(12(13)16)4-2-5-10(8)14-7-3-6-11(14)15/h2,4-5H,3,6-7H2,1H3,(H2,13,16). The van der Waals surface area contributed by atoms with E-state index in [2.05, 4.69) is 0 Å². The highest BCUT2D eigenvalue weighted by Gasteiger charge is 2.24. The van der Waals surface area contributed by atoms with Crippen molar-refractivity contribution in [2.24, 2.45) is 5.73 Å². The van der Waals surface area contributed by atoms with Gasteiger partial charge in [-0.3, -0.25) is 9.59 Å². The van der Waals surface area contributed by atoms with Gasteiger partial charge in [0.15, 0.2) is 0 Å². The maximum atomic E-state index is 11.6. The van der Waals surface area contributed by atoms with Gasteiger partial charge in [-0.15, -0.1) is 0 Å². The molecule has 1 aromatic rings. The zero-order valence-electron chi connectivity index (χ0n) is 9.19. The number of rotatable bonds is 2. The van der Waals surface area contributed by atoms with Gasteiger partial charge < -0.3 is 10.6 Å². The van der Waals surface area contributed by atoms with Crippen LogP contribution in [0.3, 0.4) is 0 Å². The summed E-state index contributed by atoms with van der Waals surface area (Å²) in [5.41, 5.74) is 7.35. The fourth-order valence-electron chi connectivity index (χ4n) is 2.09. The molecular formula is C12H14N2O2. The third-order valence-corrected chi connectivity index (χ3v) is 2.93. The maximum absolute atomic E-state index is 11.6. The van der Waals surface area contributed by atoms with Crippen LogP contribution in [0.1, 0.15) is 28.8 Å². The van der Waals surface area contributed by atoms with Gasteiger partial charge in [-0.25, -0.2) is 0 Å². The molecule has 4 heteroatoms. The van der Waals surface area contributed by atoms with Crippen LogP contribution in [0.15, 0.2) is 18.2 Å². The first-order chi connectivity index (χ1) is 7.61. The highest BCUT2D eigenvalue weighted by Crippen LogP contribution is 2.26. The van der Waals surface area contributed by atoms with E-state index >= 15 is 0 Å². The zero-order valence-corrected chi connectivity index (χ0v) is 9.19. The highest BCUT2D eigenvalue weighted by molar-refractivity contribution is 6.00. The number of benzene rings is 1. The van der Waals surface area contributed by atoms with Gasteiger partial charge in [0.25, 0.3) is 0 Å². The smallest absolute Gasteiger partial charge is 0.249 e. The Morgan fingerprint density at radius 1 is 1.44 bits per heavy atom. The van der Waals surface area contributed by atoms with E-state index in [9.17, 15) is 9.59 Å². The number of amides is 2. The van der Waals surface area contributed by atoms with E-state index < -0.39 is 5.91 Å². The van der Waals surface area contributed by atoms with Gasteiger partial charge in [0, 0.05) is 24.2 Å². The second kappa shape index (κ2) is 3.96. The van der Waals surface area contributed by atoms with Crippen molar-refractivity contribution in [2.75, 3.05) is 11.4 Å². The van der Waals surface area contributed by atoms with Gasteiger partial charge in [0.1, 0.15) is 0 Å². The minimum atomic E-state index is -0.453. The first kappa shape index (κ1) is 10.7. The van der Waals surface area contributed by atoms with Crippen LogP contribution in [0.5, 0.6) is 0 Å². The Kier molecular flexibility index (Phi) is 2.64. The fourth-order valence-corrected chi connectivity index (χ4v) is 2.09.